The molecule has 130 valence electrons. The molecule has 0 atom stereocenters. The van der Waals surface area contributed by atoms with Gasteiger partial charge in [-0.05, 0) is 48.4 Å². The maximum absolute atomic E-state index is 12.3. The number of halogens is 1. The van der Waals surface area contributed by atoms with E-state index in [1.807, 2.05) is 24.4 Å². The number of fused-ring (bicyclic) bond motifs is 1. The molecule has 2 aromatic carbocycles. The third-order valence-corrected chi connectivity index (χ3v) is 4.29. The van der Waals surface area contributed by atoms with Gasteiger partial charge >= 0.3 is 0 Å². The molecule has 0 aliphatic rings. The van der Waals surface area contributed by atoms with E-state index in [-0.39, 0.29) is 5.91 Å². The van der Waals surface area contributed by atoms with Crippen LogP contribution >= 0.6 is 11.6 Å². The SMILES string of the molecule is COc1ccc(C(=O)NCCc2c[nH]c3ccc(Cl)cc23)cc1OC. The average molecular weight is 359 g/mol. The van der Waals surface area contributed by atoms with E-state index >= 15 is 0 Å². The third-order valence-electron chi connectivity index (χ3n) is 4.06. The van der Waals surface area contributed by atoms with Crippen molar-refractivity contribution in [1.82, 2.24) is 10.3 Å². The van der Waals surface area contributed by atoms with Gasteiger partial charge in [0.05, 0.1) is 14.2 Å². The highest BCUT2D eigenvalue weighted by Gasteiger charge is 2.11. The van der Waals surface area contributed by atoms with Crippen molar-refractivity contribution < 1.29 is 14.3 Å². The number of carbonyl (C=O) groups excluding carboxylic acids is 1. The summed E-state index contributed by atoms with van der Waals surface area (Å²) >= 11 is 6.06. The van der Waals surface area contributed by atoms with Gasteiger partial charge in [-0.15, -0.1) is 0 Å². The quantitative estimate of drug-likeness (QED) is 0.704. The van der Waals surface area contributed by atoms with E-state index in [1.165, 1.54) is 0 Å². The van der Waals surface area contributed by atoms with E-state index in [2.05, 4.69) is 10.3 Å². The fourth-order valence-electron chi connectivity index (χ4n) is 2.75. The van der Waals surface area contributed by atoms with E-state index in [0.717, 1.165) is 16.5 Å². The lowest BCUT2D eigenvalue weighted by Crippen LogP contribution is -2.25. The number of aromatic nitrogens is 1. The molecule has 0 spiro atoms. The average Bonchev–Trinajstić information content (AvgIpc) is 3.03. The molecule has 0 aliphatic carbocycles. The number of nitrogens with one attached hydrogen (secondary N) is 2. The van der Waals surface area contributed by atoms with Crippen molar-refractivity contribution >= 4 is 28.4 Å². The van der Waals surface area contributed by atoms with Crippen molar-refractivity contribution in [2.75, 3.05) is 20.8 Å². The van der Waals surface area contributed by atoms with Gasteiger partial charge < -0.3 is 19.8 Å². The summed E-state index contributed by atoms with van der Waals surface area (Å²) in [6, 6.07) is 10.8. The predicted octanol–water partition coefficient (Wildman–Crippen LogP) is 3.81. The van der Waals surface area contributed by atoms with Gasteiger partial charge in [-0.1, -0.05) is 11.6 Å². The minimum atomic E-state index is -0.154. The Balaban J connectivity index is 1.65. The normalized spacial score (nSPS) is 10.7. The first-order chi connectivity index (χ1) is 12.1. The first-order valence-electron chi connectivity index (χ1n) is 7.88. The van der Waals surface area contributed by atoms with Crippen molar-refractivity contribution in [1.29, 1.82) is 0 Å². The molecule has 1 aromatic heterocycles. The van der Waals surface area contributed by atoms with Crippen LogP contribution in [0.5, 0.6) is 11.5 Å². The Morgan fingerprint density at radius 1 is 1.12 bits per heavy atom. The van der Waals surface area contributed by atoms with Crippen molar-refractivity contribution in [3.63, 3.8) is 0 Å². The Kier molecular flexibility index (Phi) is 5.14. The van der Waals surface area contributed by atoms with Crippen LogP contribution in [0.2, 0.25) is 5.02 Å². The third kappa shape index (κ3) is 3.72. The van der Waals surface area contributed by atoms with Crippen molar-refractivity contribution in [2.24, 2.45) is 0 Å². The topological polar surface area (TPSA) is 63.3 Å². The summed E-state index contributed by atoms with van der Waals surface area (Å²) < 4.78 is 10.4. The van der Waals surface area contributed by atoms with E-state index < -0.39 is 0 Å². The monoisotopic (exact) mass is 358 g/mol. The van der Waals surface area contributed by atoms with Gasteiger partial charge in [-0.25, -0.2) is 0 Å². The second-order valence-electron chi connectivity index (χ2n) is 5.58. The van der Waals surface area contributed by atoms with Crippen LogP contribution in [-0.4, -0.2) is 31.7 Å². The van der Waals surface area contributed by atoms with Gasteiger partial charge in [0.25, 0.3) is 5.91 Å². The number of amides is 1. The van der Waals surface area contributed by atoms with Gasteiger partial charge in [-0.3, -0.25) is 4.79 Å². The number of hydrogen-bond acceptors (Lipinski definition) is 3. The Hall–Kier alpha value is -2.66. The molecule has 1 heterocycles. The predicted molar refractivity (Wildman–Crippen MR) is 98.9 cm³/mol. The van der Waals surface area contributed by atoms with E-state index in [1.54, 1.807) is 32.4 Å². The highest BCUT2D eigenvalue weighted by atomic mass is 35.5. The summed E-state index contributed by atoms with van der Waals surface area (Å²) in [6.07, 6.45) is 2.66. The summed E-state index contributed by atoms with van der Waals surface area (Å²) in [7, 11) is 3.10. The van der Waals surface area contributed by atoms with E-state index in [0.29, 0.717) is 35.1 Å². The lowest BCUT2D eigenvalue weighted by atomic mass is 10.1. The minimum Gasteiger partial charge on any atom is -0.493 e. The van der Waals surface area contributed by atoms with Crippen LogP contribution in [0.4, 0.5) is 0 Å². The van der Waals surface area contributed by atoms with Crippen molar-refractivity contribution in [3.05, 3.63) is 58.7 Å². The number of aromatic amines is 1. The summed E-state index contributed by atoms with van der Waals surface area (Å²) in [4.78, 5) is 15.5. The number of rotatable bonds is 6. The molecule has 2 N–H and O–H groups in total. The van der Waals surface area contributed by atoms with Gasteiger partial charge in [0.15, 0.2) is 11.5 Å². The first-order valence-corrected chi connectivity index (χ1v) is 8.26. The largest absolute Gasteiger partial charge is 0.493 e. The van der Waals surface area contributed by atoms with Crippen LogP contribution in [0.25, 0.3) is 10.9 Å². The Morgan fingerprint density at radius 2 is 1.92 bits per heavy atom. The number of ether oxygens (including phenoxy) is 2. The summed E-state index contributed by atoms with van der Waals surface area (Å²) in [5.41, 5.74) is 2.68. The van der Waals surface area contributed by atoms with Gasteiger partial charge in [-0.2, -0.15) is 0 Å². The Bertz CT molecular complexity index is 905. The van der Waals surface area contributed by atoms with Gasteiger partial charge in [0, 0.05) is 34.2 Å². The number of H-pyrrole nitrogens is 1. The zero-order chi connectivity index (χ0) is 17.8. The van der Waals surface area contributed by atoms with Crippen LogP contribution in [0.3, 0.4) is 0 Å². The number of carbonyl (C=O) groups is 1. The highest BCUT2D eigenvalue weighted by Crippen LogP contribution is 2.27. The first kappa shape index (κ1) is 17.2. The molecule has 0 aliphatic heterocycles. The summed E-state index contributed by atoms with van der Waals surface area (Å²) in [5.74, 6) is 0.968. The lowest BCUT2D eigenvalue weighted by Gasteiger charge is -2.10. The second kappa shape index (κ2) is 7.49. The molecule has 0 fully saturated rings. The lowest BCUT2D eigenvalue weighted by molar-refractivity contribution is 0.0953. The van der Waals surface area contributed by atoms with Gasteiger partial charge in [0.2, 0.25) is 0 Å². The fraction of sp³-hybridized carbons (Fsp3) is 0.211. The highest BCUT2D eigenvalue weighted by molar-refractivity contribution is 6.31. The van der Waals surface area contributed by atoms with Crippen LogP contribution in [0.15, 0.2) is 42.6 Å². The fourth-order valence-corrected chi connectivity index (χ4v) is 2.92. The number of hydrogen-bond donors (Lipinski definition) is 2. The molecule has 0 saturated heterocycles. The van der Waals surface area contributed by atoms with Crippen LogP contribution in [0, 0.1) is 0 Å². The molecule has 3 aromatic rings. The smallest absolute Gasteiger partial charge is 0.251 e. The second-order valence-corrected chi connectivity index (χ2v) is 6.02. The molecular weight excluding hydrogens is 340 g/mol. The minimum absolute atomic E-state index is 0.154. The van der Waals surface area contributed by atoms with Crippen LogP contribution in [0.1, 0.15) is 15.9 Å². The molecule has 0 bridgehead atoms. The molecular formula is C19H19ClN2O3. The van der Waals surface area contributed by atoms with Gasteiger partial charge in [0.1, 0.15) is 0 Å². The van der Waals surface area contributed by atoms with Crippen LogP contribution in [-0.2, 0) is 6.42 Å². The molecule has 0 radical (unpaired) electrons. The molecule has 1 amide bonds. The Morgan fingerprint density at radius 3 is 2.68 bits per heavy atom. The van der Waals surface area contributed by atoms with Crippen molar-refractivity contribution in [3.8, 4) is 11.5 Å². The number of methoxy groups -OCH3 is 2. The molecule has 0 unspecified atom stereocenters. The van der Waals surface area contributed by atoms with E-state index in [4.69, 9.17) is 21.1 Å². The maximum atomic E-state index is 12.3. The molecule has 0 saturated carbocycles. The maximum Gasteiger partial charge on any atom is 0.251 e. The molecule has 3 rings (SSSR count). The summed E-state index contributed by atoms with van der Waals surface area (Å²) in [6.45, 7) is 0.520. The molecule has 6 heteroatoms. The standard InChI is InChI=1S/C19H19ClN2O3/c1-24-17-6-3-12(9-18(17)25-2)19(23)21-8-7-13-11-22-16-5-4-14(20)10-15(13)16/h3-6,9-11,22H,7-8H2,1-2H3,(H,21,23). The van der Waals surface area contributed by atoms with E-state index in [9.17, 15) is 4.79 Å². The van der Waals surface area contributed by atoms with Crippen molar-refractivity contribution in [2.45, 2.75) is 6.42 Å². The summed E-state index contributed by atoms with van der Waals surface area (Å²) in [5, 5.41) is 4.70. The molecule has 5 nitrogen and oxygen atoms in total. The zero-order valence-corrected chi connectivity index (χ0v) is 14.8. The Labute approximate surface area is 150 Å². The molecule has 25 heavy (non-hydrogen) atoms. The number of benzene rings is 2. The van der Waals surface area contributed by atoms with Crippen LogP contribution < -0.4 is 14.8 Å². The zero-order valence-electron chi connectivity index (χ0n) is 14.1.